The molecule has 2 aromatic heterocycles. The van der Waals surface area contributed by atoms with Crippen LogP contribution in [0.15, 0.2) is 24.5 Å². The number of pyridine rings is 2. The number of anilines is 1. The molecule has 7 heteroatoms. The molecule has 29 heavy (non-hydrogen) atoms. The SMILES string of the molecule is Cc1cnc(-c2cc(N3CCC(NC(=O)OC(C)(C)C)CC3)ncc2Cl)c(C)c1. The van der Waals surface area contributed by atoms with Crippen LogP contribution in [0.5, 0.6) is 0 Å². The average molecular weight is 417 g/mol. The molecule has 156 valence electrons. The van der Waals surface area contributed by atoms with E-state index in [-0.39, 0.29) is 12.1 Å². The molecule has 0 radical (unpaired) electrons. The molecule has 1 aliphatic rings. The Morgan fingerprint density at radius 2 is 1.86 bits per heavy atom. The Morgan fingerprint density at radius 3 is 2.48 bits per heavy atom. The number of carbonyl (C=O) groups is 1. The van der Waals surface area contributed by atoms with E-state index in [1.165, 1.54) is 0 Å². The van der Waals surface area contributed by atoms with E-state index in [4.69, 9.17) is 16.3 Å². The maximum Gasteiger partial charge on any atom is 0.407 e. The fourth-order valence-corrected chi connectivity index (χ4v) is 3.70. The van der Waals surface area contributed by atoms with Crippen molar-refractivity contribution in [3.63, 3.8) is 0 Å². The molecule has 0 unspecified atom stereocenters. The van der Waals surface area contributed by atoms with E-state index >= 15 is 0 Å². The first kappa shape index (κ1) is 21.4. The van der Waals surface area contributed by atoms with E-state index < -0.39 is 5.60 Å². The maximum absolute atomic E-state index is 12.0. The van der Waals surface area contributed by atoms with Crippen LogP contribution >= 0.6 is 11.6 Å². The Bertz CT molecular complexity index is 887. The van der Waals surface area contributed by atoms with Crippen LogP contribution in [-0.4, -0.2) is 40.8 Å². The Morgan fingerprint density at radius 1 is 1.17 bits per heavy atom. The molecule has 3 heterocycles. The van der Waals surface area contributed by atoms with Crippen LogP contribution in [0.1, 0.15) is 44.7 Å². The van der Waals surface area contributed by atoms with Crippen LogP contribution in [0.2, 0.25) is 5.02 Å². The molecule has 0 saturated carbocycles. The van der Waals surface area contributed by atoms with Crippen molar-refractivity contribution in [1.82, 2.24) is 15.3 Å². The lowest BCUT2D eigenvalue weighted by Gasteiger charge is -2.33. The second-order valence-corrected chi connectivity index (χ2v) is 9.02. The molecule has 1 N–H and O–H groups in total. The highest BCUT2D eigenvalue weighted by Crippen LogP contribution is 2.32. The molecule has 1 aliphatic heterocycles. The quantitative estimate of drug-likeness (QED) is 0.770. The molecule has 3 rings (SSSR count). The first-order valence-electron chi connectivity index (χ1n) is 9.96. The number of amides is 1. The summed E-state index contributed by atoms with van der Waals surface area (Å²) in [6.07, 6.45) is 4.86. The first-order chi connectivity index (χ1) is 13.6. The molecule has 0 bridgehead atoms. The highest BCUT2D eigenvalue weighted by atomic mass is 35.5. The third-order valence-corrected chi connectivity index (χ3v) is 5.15. The predicted molar refractivity (Wildman–Crippen MR) is 117 cm³/mol. The molecule has 2 aromatic rings. The van der Waals surface area contributed by atoms with Gasteiger partial charge in [-0.05, 0) is 64.7 Å². The van der Waals surface area contributed by atoms with Gasteiger partial charge in [-0.2, -0.15) is 0 Å². The van der Waals surface area contributed by atoms with Crippen molar-refractivity contribution < 1.29 is 9.53 Å². The number of carbonyl (C=O) groups excluding carboxylic acids is 1. The van der Waals surface area contributed by atoms with E-state index in [0.717, 1.165) is 54.1 Å². The minimum Gasteiger partial charge on any atom is -0.444 e. The van der Waals surface area contributed by atoms with Gasteiger partial charge in [0, 0.05) is 37.1 Å². The number of aromatic nitrogens is 2. The van der Waals surface area contributed by atoms with E-state index in [9.17, 15) is 4.79 Å². The van der Waals surface area contributed by atoms with E-state index in [2.05, 4.69) is 26.3 Å². The van der Waals surface area contributed by atoms with Crippen molar-refractivity contribution in [2.24, 2.45) is 0 Å². The van der Waals surface area contributed by atoms with Gasteiger partial charge in [0.15, 0.2) is 0 Å². The summed E-state index contributed by atoms with van der Waals surface area (Å²) in [6.45, 7) is 11.3. The van der Waals surface area contributed by atoms with Crippen molar-refractivity contribution in [2.75, 3.05) is 18.0 Å². The van der Waals surface area contributed by atoms with Crippen molar-refractivity contribution in [3.8, 4) is 11.3 Å². The molecule has 0 aromatic carbocycles. The molecule has 1 saturated heterocycles. The van der Waals surface area contributed by atoms with Gasteiger partial charge < -0.3 is 15.0 Å². The van der Waals surface area contributed by atoms with Gasteiger partial charge in [0.25, 0.3) is 0 Å². The van der Waals surface area contributed by atoms with Crippen LogP contribution < -0.4 is 10.2 Å². The number of piperidine rings is 1. The standard InChI is InChI=1S/C22H29ClN4O2/c1-14-10-15(2)20(25-12-14)17-11-19(24-13-18(17)23)27-8-6-16(7-9-27)26-21(28)29-22(3,4)5/h10-13,16H,6-9H2,1-5H3,(H,26,28). The Kier molecular flexibility index (Phi) is 6.32. The summed E-state index contributed by atoms with van der Waals surface area (Å²) in [7, 11) is 0. The largest absolute Gasteiger partial charge is 0.444 e. The molecule has 0 aliphatic carbocycles. The fraction of sp³-hybridized carbons (Fsp3) is 0.500. The highest BCUT2D eigenvalue weighted by molar-refractivity contribution is 6.33. The molecular formula is C22H29ClN4O2. The number of ether oxygens (including phenoxy) is 1. The number of aryl methyl sites for hydroxylation is 2. The molecule has 1 amide bonds. The molecule has 1 fully saturated rings. The summed E-state index contributed by atoms with van der Waals surface area (Å²) in [5, 5.41) is 3.56. The second-order valence-electron chi connectivity index (χ2n) is 8.61. The summed E-state index contributed by atoms with van der Waals surface area (Å²) in [4.78, 5) is 23.3. The van der Waals surface area contributed by atoms with Crippen molar-refractivity contribution in [3.05, 3.63) is 40.7 Å². The molecule has 6 nitrogen and oxygen atoms in total. The Labute approximate surface area is 177 Å². The van der Waals surface area contributed by atoms with Crippen molar-refractivity contribution >= 4 is 23.5 Å². The van der Waals surface area contributed by atoms with Gasteiger partial charge >= 0.3 is 6.09 Å². The Hall–Kier alpha value is -2.34. The first-order valence-corrected chi connectivity index (χ1v) is 10.3. The predicted octanol–water partition coefficient (Wildman–Crippen LogP) is 4.91. The summed E-state index contributed by atoms with van der Waals surface area (Å²) >= 11 is 6.43. The summed E-state index contributed by atoms with van der Waals surface area (Å²) < 4.78 is 5.35. The number of nitrogens with one attached hydrogen (secondary N) is 1. The smallest absolute Gasteiger partial charge is 0.407 e. The summed E-state index contributed by atoms with van der Waals surface area (Å²) in [5.41, 5.74) is 3.49. The van der Waals surface area contributed by atoms with Crippen LogP contribution in [0.3, 0.4) is 0 Å². The number of halogens is 1. The lowest BCUT2D eigenvalue weighted by molar-refractivity contribution is 0.0497. The van der Waals surface area contributed by atoms with Gasteiger partial charge in [-0.25, -0.2) is 9.78 Å². The fourth-order valence-electron chi connectivity index (χ4n) is 3.51. The molecule has 0 atom stereocenters. The number of hydrogen-bond donors (Lipinski definition) is 1. The minimum atomic E-state index is -0.490. The van der Waals surface area contributed by atoms with Crippen LogP contribution in [0, 0.1) is 13.8 Å². The zero-order valence-electron chi connectivity index (χ0n) is 17.8. The monoisotopic (exact) mass is 416 g/mol. The number of alkyl carbamates (subject to hydrolysis) is 1. The zero-order chi connectivity index (χ0) is 21.2. The minimum absolute atomic E-state index is 0.105. The van der Waals surface area contributed by atoms with Crippen molar-refractivity contribution in [2.45, 2.75) is 59.1 Å². The highest BCUT2D eigenvalue weighted by Gasteiger charge is 2.24. The zero-order valence-corrected chi connectivity index (χ0v) is 18.5. The molecular weight excluding hydrogens is 388 g/mol. The van der Waals surface area contributed by atoms with Crippen LogP contribution in [0.4, 0.5) is 10.6 Å². The van der Waals surface area contributed by atoms with Gasteiger partial charge in [-0.1, -0.05) is 17.7 Å². The van der Waals surface area contributed by atoms with Gasteiger partial charge in [-0.3, -0.25) is 4.98 Å². The van der Waals surface area contributed by atoms with E-state index in [0.29, 0.717) is 5.02 Å². The van der Waals surface area contributed by atoms with Gasteiger partial charge in [0.2, 0.25) is 0 Å². The summed E-state index contributed by atoms with van der Waals surface area (Å²) in [5.74, 6) is 0.877. The summed E-state index contributed by atoms with van der Waals surface area (Å²) in [6, 6.07) is 4.22. The normalized spacial score (nSPS) is 15.3. The van der Waals surface area contributed by atoms with Crippen LogP contribution in [-0.2, 0) is 4.74 Å². The second kappa shape index (κ2) is 8.57. The molecule has 0 spiro atoms. The lowest BCUT2D eigenvalue weighted by Crippen LogP contribution is -2.46. The van der Waals surface area contributed by atoms with Crippen molar-refractivity contribution in [1.29, 1.82) is 0 Å². The third kappa shape index (κ3) is 5.60. The van der Waals surface area contributed by atoms with Crippen LogP contribution in [0.25, 0.3) is 11.3 Å². The van der Waals surface area contributed by atoms with E-state index in [1.807, 2.05) is 46.9 Å². The van der Waals surface area contributed by atoms with Gasteiger partial charge in [0.05, 0.1) is 10.7 Å². The topological polar surface area (TPSA) is 67.4 Å². The number of nitrogens with zero attached hydrogens (tertiary/aromatic N) is 3. The van der Waals surface area contributed by atoms with E-state index in [1.54, 1.807) is 6.20 Å². The van der Waals surface area contributed by atoms with Gasteiger partial charge in [-0.15, -0.1) is 0 Å². The average Bonchev–Trinajstić information content (AvgIpc) is 2.62. The maximum atomic E-state index is 12.0. The Balaban J connectivity index is 1.68. The number of hydrogen-bond acceptors (Lipinski definition) is 5. The lowest BCUT2D eigenvalue weighted by atomic mass is 10.0. The van der Waals surface area contributed by atoms with Gasteiger partial charge in [0.1, 0.15) is 11.4 Å². The number of rotatable bonds is 3. The third-order valence-electron chi connectivity index (χ3n) is 4.85.